The van der Waals surface area contributed by atoms with Crippen molar-refractivity contribution in [2.24, 2.45) is 34.5 Å². The Morgan fingerprint density at radius 1 is 0.951 bits per heavy atom. The SMILES string of the molecule is C=C(CCCCCCC/C=C\CCCCCC)OCC(=O)C1CCC2C3CCC4=CC(=O)C=CC4(C)C3CCC12C. The number of ketones is 2. The molecule has 41 heavy (non-hydrogen) atoms. The van der Waals surface area contributed by atoms with Gasteiger partial charge in [-0.25, -0.2) is 0 Å². The van der Waals surface area contributed by atoms with E-state index in [1.165, 1.54) is 69.8 Å². The van der Waals surface area contributed by atoms with E-state index >= 15 is 0 Å². The van der Waals surface area contributed by atoms with Crippen LogP contribution in [0.5, 0.6) is 0 Å². The lowest BCUT2D eigenvalue weighted by atomic mass is 9.47. The second-order valence-corrected chi connectivity index (χ2v) is 14.2. The summed E-state index contributed by atoms with van der Waals surface area (Å²) in [4.78, 5) is 25.5. The van der Waals surface area contributed by atoms with Gasteiger partial charge in [-0.1, -0.05) is 89.7 Å². The van der Waals surface area contributed by atoms with Crippen LogP contribution in [0.15, 0.2) is 48.3 Å². The largest absolute Gasteiger partial charge is 0.491 e. The molecule has 228 valence electrons. The second kappa shape index (κ2) is 15.0. The number of hydrogen-bond acceptors (Lipinski definition) is 3. The van der Waals surface area contributed by atoms with Gasteiger partial charge < -0.3 is 4.74 Å². The van der Waals surface area contributed by atoms with Gasteiger partial charge >= 0.3 is 0 Å². The zero-order chi connectivity index (χ0) is 29.3. The average molecular weight is 563 g/mol. The summed E-state index contributed by atoms with van der Waals surface area (Å²) in [5.41, 5.74) is 1.44. The highest BCUT2D eigenvalue weighted by molar-refractivity contribution is 6.01. The lowest BCUT2D eigenvalue weighted by molar-refractivity contribution is -0.133. The van der Waals surface area contributed by atoms with Gasteiger partial charge in [-0.3, -0.25) is 9.59 Å². The van der Waals surface area contributed by atoms with Crippen LogP contribution in [0.1, 0.15) is 136 Å². The predicted octanol–water partition coefficient (Wildman–Crippen LogP) is 10.3. The maximum atomic E-state index is 13.5. The number of carbonyl (C=O) groups excluding carboxylic acids is 2. The summed E-state index contributed by atoms with van der Waals surface area (Å²) in [7, 11) is 0. The number of rotatable bonds is 17. The van der Waals surface area contributed by atoms with E-state index in [9.17, 15) is 9.59 Å². The first-order valence-corrected chi connectivity index (χ1v) is 17.2. The number of allylic oxidation sites excluding steroid dienone is 7. The Balaban J connectivity index is 1.12. The molecule has 0 amide bonds. The summed E-state index contributed by atoms with van der Waals surface area (Å²) in [5.74, 6) is 3.17. The molecule has 0 aromatic heterocycles. The minimum atomic E-state index is 0.0195. The molecule has 4 rings (SSSR count). The van der Waals surface area contributed by atoms with E-state index in [-0.39, 0.29) is 29.1 Å². The Morgan fingerprint density at radius 2 is 1.66 bits per heavy atom. The molecule has 0 aromatic carbocycles. The van der Waals surface area contributed by atoms with Crippen molar-refractivity contribution in [2.75, 3.05) is 6.61 Å². The van der Waals surface area contributed by atoms with Crippen LogP contribution in [0.3, 0.4) is 0 Å². The molecule has 3 heteroatoms. The quantitative estimate of drug-likeness (QED) is 0.101. The Labute approximate surface area is 251 Å². The van der Waals surface area contributed by atoms with Crippen LogP contribution in [0.2, 0.25) is 0 Å². The van der Waals surface area contributed by atoms with E-state index in [1.807, 2.05) is 6.08 Å². The summed E-state index contributed by atoms with van der Waals surface area (Å²) in [6.07, 6.45) is 32.1. The van der Waals surface area contributed by atoms with Crippen LogP contribution in [0, 0.1) is 34.5 Å². The highest BCUT2D eigenvalue weighted by Crippen LogP contribution is 2.66. The van der Waals surface area contributed by atoms with E-state index in [1.54, 1.807) is 6.08 Å². The molecule has 0 radical (unpaired) electrons. The maximum absolute atomic E-state index is 13.5. The molecule has 3 saturated carbocycles. The van der Waals surface area contributed by atoms with Crippen LogP contribution in [-0.4, -0.2) is 18.2 Å². The topological polar surface area (TPSA) is 43.4 Å². The standard InChI is InChI=1S/C38H58O3/c1-5-6-7-8-9-10-11-12-13-14-15-16-17-18-29(2)41-28-36(40)35-22-21-33-32-20-19-30-27-31(39)23-25-37(30,3)34(32)24-26-38(33,35)4/h10-11,23,25,27,32-35H,2,5-9,12-22,24,26,28H2,1,3-4H3/b11-10-. The zero-order valence-electron chi connectivity index (χ0n) is 26.6. The van der Waals surface area contributed by atoms with Crippen LogP contribution in [-0.2, 0) is 14.3 Å². The van der Waals surface area contributed by atoms with Crippen molar-refractivity contribution in [3.05, 3.63) is 48.3 Å². The summed E-state index contributed by atoms with van der Waals surface area (Å²) in [5, 5.41) is 0. The molecule has 4 aliphatic carbocycles. The molecular weight excluding hydrogens is 504 g/mol. The number of ether oxygens (including phenoxy) is 1. The smallest absolute Gasteiger partial charge is 0.178 e. The molecular formula is C38H58O3. The van der Waals surface area contributed by atoms with Crippen molar-refractivity contribution < 1.29 is 14.3 Å². The Hall–Kier alpha value is -1.90. The molecule has 4 aliphatic rings. The van der Waals surface area contributed by atoms with Crippen LogP contribution in [0.25, 0.3) is 0 Å². The number of hydrogen-bond donors (Lipinski definition) is 0. The van der Waals surface area contributed by atoms with Crippen molar-refractivity contribution in [3.63, 3.8) is 0 Å². The summed E-state index contributed by atoms with van der Waals surface area (Å²) in [6, 6.07) is 0. The van der Waals surface area contributed by atoms with E-state index < -0.39 is 0 Å². The van der Waals surface area contributed by atoms with Crippen molar-refractivity contribution in [3.8, 4) is 0 Å². The molecule has 0 N–H and O–H groups in total. The lowest BCUT2D eigenvalue weighted by Gasteiger charge is -2.56. The fourth-order valence-corrected chi connectivity index (χ4v) is 9.11. The van der Waals surface area contributed by atoms with Gasteiger partial charge in [-0.05, 0) is 106 Å². The maximum Gasteiger partial charge on any atom is 0.178 e. The molecule has 0 bridgehead atoms. The molecule has 3 nitrogen and oxygen atoms in total. The van der Waals surface area contributed by atoms with Gasteiger partial charge in [0, 0.05) is 17.8 Å². The fourth-order valence-electron chi connectivity index (χ4n) is 9.11. The number of unbranched alkanes of at least 4 members (excludes halogenated alkanes) is 9. The minimum Gasteiger partial charge on any atom is -0.491 e. The van der Waals surface area contributed by atoms with Crippen LogP contribution in [0.4, 0.5) is 0 Å². The van der Waals surface area contributed by atoms with Gasteiger partial charge in [0.05, 0.1) is 5.76 Å². The van der Waals surface area contributed by atoms with Crippen molar-refractivity contribution in [2.45, 2.75) is 136 Å². The third kappa shape index (κ3) is 7.74. The monoisotopic (exact) mass is 562 g/mol. The molecule has 6 unspecified atom stereocenters. The first-order chi connectivity index (χ1) is 19.8. The Morgan fingerprint density at radius 3 is 2.41 bits per heavy atom. The number of carbonyl (C=O) groups is 2. The number of Topliss-reactive ketones (excluding diaryl/α,β-unsaturated/α-hetero) is 1. The molecule has 0 heterocycles. The van der Waals surface area contributed by atoms with E-state index in [4.69, 9.17) is 4.74 Å². The van der Waals surface area contributed by atoms with Crippen molar-refractivity contribution in [1.29, 1.82) is 0 Å². The van der Waals surface area contributed by atoms with E-state index in [0.29, 0.717) is 23.5 Å². The number of fused-ring (bicyclic) bond motifs is 5. The lowest BCUT2D eigenvalue weighted by Crippen LogP contribution is -2.50. The molecule has 0 saturated heterocycles. The molecule has 3 fully saturated rings. The first kappa shape index (κ1) is 32.0. The van der Waals surface area contributed by atoms with Crippen LogP contribution < -0.4 is 0 Å². The van der Waals surface area contributed by atoms with Gasteiger partial charge in [0.15, 0.2) is 11.6 Å². The summed E-state index contributed by atoms with van der Waals surface area (Å²) in [6.45, 7) is 11.3. The van der Waals surface area contributed by atoms with E-state index in [0.717, 1.165) is 57.1 Å². The van der Waals surface area contributed by atoms with Gasteiger partial charge in [-0.2, -0.15) is 0 Å². The van der Waals surface area contributed by atoms with Crippen LogP contribution >= 0.6 is 0 Å². The van der Waals surface area contributed by atoms with Gasteiger partial charge in [0.1, 0.15) is 6.61 Å². The van der Waals surface area contributed by atoms with E-state index in [2.05, 4.69) is 45.6 Å². The molecule has 0 spiro atoms. The molecule has 6 atom stereocenters. The third-order valence-electron chi connectivity index (χ3n) is 11.6. The van der Waals surface area contributed by atoms with Gasteiger partial charge in [-0.15, -0.1) is 0 Å². The second-order valence-electron chi connectivity index (χ2n) is 14.2. The highest BCUT2D eigenvalue weighted by atomic mass is 16.5. The average Bonchev–Trinajstić information content (AvgIpc) is 3.32. The molecule has 0 aromatic rings. The summed E-state index contributed by atoms with van der Waals surface area (Å²) >= 11 is 0. The van der Waals surface area contributed by atoms with Gasteiger partial charge in [0.2, 0.25) is 0 Å². The van der Waals surface area contributed by atoms with Gasteiger partial charge in [0.25, 0.3) is 0 Å². The summed E-state index contributed by atoms with van der Waals surface area (Å²) < 4.78 is 5.95. The predicted molar refractivity (Wildman–Crippen MR) is 170 cm³/mol. The Kier molecular flexibility index (Phi) is 11.7. The van der Waals surface area contributed by atoms with Crippen molar-refractivity contribution >= 4 is 11.6 Å². The van der Waals surface area contributed by atoms with Crippen molar-refractivity contribution in [1.82, 2.24) is 0 Å². The Bertz CT molecular complexity index is 1000. The third-order valence-corrected chi connectivity index (χ3v) is 11.6. The fraction of sp³-hybridized carbons (Fsp3) is 0.737. The minimum absolute atomic E-state index is 0.0195. The molecule has 0 aliphatic heterocycles. The highest BCUT2D eigenvalue weighted by Gasteiger charge is 2.59. The first-order valence-electron chi connectivity index (χ1n) is 17.2. The normalized spacial score (nSPS) is 32.4. The zero-order valence-corrected chi connectivity index (χ0v) is 26.6.